The Morgan fingerprint density at radius 2 is 1.74 bits per heavy atom. The van der Waals surface area contributed by atoms with Crippen LogP contribution in [-0.2, 0) is 0 Å². The summed E-state index contributed by atoms with van der Waals surface area (Å²) in [7, 11) is 3.17. The minimum atomic E-state index is -0.0647. The molecule has 0 radical (unpaired) electrons. The van der Waals surface area contributed by atoms with Gasteiger partial charge in [-0.2, -0.15) is 0 Å². The van der Waals surface area contributed by atoms with Crippen LogP contribution < -0.4 is 14.8 Å². The van der Waals surface area contributed by atoms with Gasteiger partial charge in [0.1, 0.15) is 0 Å². The van der Waals surface area contributed by atoms with Gasteiger partial charge in [-0.25, -0.2) is 0 Å². The molecule has 0 bridgehead atoms. The molecular formula is C17H25IN2O3. The average molecular weight is 432 g/mol. The first-order valence-electron chi connectivity index (χ1n) is 8.07. The summed E-state index contributed by atoms with van der Waals surface area (Å²) in [5.74, 6) is 1.15. The van der Waals surface area contributed by atoms with E-state index in [0.29, 0.717) is 23.6 Å². The Morgan fingerprint density at radius 3 is 2.35 bits per heavy atom. The third kappa shape index (κ3) is 5.24. The molecule has 0 saturated carbocycles. The van der Waals surface area contributed by atoms with Gasteiger partial charge in [0.15, 0.2) is 11.5 Å². The maximum atomic E-state index is 12.4. The summed E-state index contributed by atoms with van der Waals surface area (Å²) in [4.78, 5) is 14.8. The number of hydrogen-bond donors (Lipinski definition) is 1. The Labute approximate surface area is 151 Å². The van der Waals surface area contributed by atoms with Crippen LogP contribution in [0.25, 0.3) is 0 Å². The van der Waals surface area contributed by atoms with Crippen molar-refractivity contribution in [1.29, 1.82) is 0 Å². The first kappa shape index (κ1) is 18.3. The Morgan fingerprint density at radius 1 is 1.13 bits per heavy atom. The van der Waals surface area contributed by atoms with E-state index in [1.807, 2.05) is 6.07 Å². The van der Waals surface area contributed by atoms with Crippen molar-refractivity contribution in [3.63, 3.8) is 0 Å². The van der Waals surface area contributed by atoms with Crippen molar-refractivity contribution in [2.45, 2.75) is 25.7 Å². The molecule has 1 amide bonds. The molecule has 1 saturated heterocycles. The Bertz CT molecular complexity index is 529. The highest BCUT2D eigenvalue weighted by molar-refractivity contribution is 14.1. The molecular weight excluding hydrogens is 407 g/mol. The van der Waals surface area contributed by atoms with Crippen LogP contribution in [0.3, 0.4) is 0 Å². The van der Waals surface area contributed by atoms with E-state index in [1.54, 1.807) is 20.3 Å². The van der Waals surface area contributed by atoms with Gasteiger partial charge in [0, 0.05) is 16.7 Å². The molecule has 0 unspecified atom stereocenters. The summed E-state index contributed by atoms with van der Waals surface area (Å²) >= 11 is 2.15. The van der Waals surface area contributed by atoms with Crippen molar-refractivity contribution >= 4 is 28.5 Å². The molecule has 23 heavy (non-hydrogen) atoms. The number of carbonyl (C=O) groups is 1. The summed E-state index contributed by atoms with van der Waals surface area (Å²) in [6, 6.07) is 3.56. The van der Waals surface area contributed by atoms with Crippen LogP contribution in [0.4, 0.5) is 0 Å². The number of halogens is 1. The van der Waals surface area contributed by atoms with Crippen molar-refractivity contribution in [2.24, 2.45) is 0 Å². The highest BCUT2D eigenvalue weighted by Crippen LogP contribution is 2.31. The van der Waals surface area contributed by atoms with Gasteiger partial charge in [0.2, 0.25) is 0 Å². The van der Waals surface area contributed by atoms with Crippen molar-refractivity contribution in [2.75, 3.05) is 40.4 Å². The molecule has 0 aromatic heterocycles. The second kappa shape index (κ2) is 9.32. The lowest BCUT2D eigenvalue weighted by molar-refractivity contribution is 0.0947. The van der Waals surface area contributed by atoms with Gasteiger partial charge in [0.05, 0.1) is 19.8 Å². The molecule has 1 N–H and O–H groups in total. The molecule has 0 spiro atoms. The van der Waals surface area contributed by atoms with E-state index in [-0.39, 0.29) is 5.91 Å². The fourth-order valence-corrected chi connectivity index (χ4v) is 3.49. The third-order valence-electron chi connectivity index (χ3n) is 4.13. The molecule has 5 nitrogen and oxygen atoms in total. The first-order valence-corrected chi connectivity index (χ1v) is 9.15. The largest absolute Gasteiger partial charge is 0.493 e. The van der Waals surface area contributed by atoms with Gasteiger partial charge in [-0.15, -0.1) is 0 Å². The Balaban J connectivity index is 1.92. The highest BCUT2D eigenvalue weighted by Gasteiger charge is 2.16. The van der Waals surface area contributed by atoms with Gasteiger partial charge in [0.25, 0.3) is 5.91 Å². The third-order valence-corrected chi connectivity index (χ3v) is 5.02. The summed E-state index contributed by atoms with van der Waals surface area (Å²) < 4.78 is 11.4. The topological polar surface area (TPSA) is 50.8 Å². The van der Waals surface area contributed by atoms with E-state index in [9.17, 15) is 4.79 Å². The lowest BCUT2D eigenvalue weighted by Gasteiger charge is -2.20. The molecule has 6 heteroatoms. The fraction of sp³-hybridized carbons (Fsp3) is 0.588. The molecule has 1 aromatic carbocycles. The van der Waals surface area contributed by atoms with Crippen LogP contribution in [0.2, 0.25) is 0 Å². The van der Waals surface area contributed by atoms with Crippen LogP contribution in [0, 0.1) is 3.57 Å². The number of ether oxygens (including phenoxy) is 2. The number of methoxy groups -OCH3 is 2. The summed E-state index contributed by atoms with van der Waals surface area (Å²) in [5.41, 5.74) is 0.624. The summed E-state index contributed by atoms with van der Waals surface area (Å²) in [6.45, 7) is 3.87. The number of likely N-dealkylation sites (tertiary alicyclic amines) is 1. The number of benzene rings is 1. The van der Waals surface area contributed by atoms with Crippen LogP contribution in [0.1, 0.15) is 36.0 Å². The molecule has 1 heterocycles. The number of amides is 1. The monoisotopic (exact) mass is 432 g/mol. The van der Waals surface area contributed by atoms with Crippen LogP contribution >= 0.6 is 22.6 Å². The number of nitrogens with one attached hydrogen (secondary N) is 1. The molecule has 1 fully saturated rings. The van der Waals surface area contributed by atoms with Gasteiger partial charge in [-0.3, -0.25) is 4.79 Å². The molecule has 2 rings (SSSR count). The standard InChI is InChI=1S/C17H25IN2O3/c1-22-15-11-13(14(18)12-16(15)23-2)17(21)19-7-10-20-8-5-3-4-6-9-20/h11-12H,3-10H2,1-2H3,(H,19,21). The van der Waals surface area contributed by atoms with Gasteiger partial charge in [-0.1, -0.05) is 12.8 Å². The maximum absolute atomic E-state index is 12.4. The highest BCUT2D eigenvalue weighted by atomic mass is 127. The average Bonchev–Trinajstić information content (AvgIpc) is 2.83. The number of nitrogens with zero attached hydrogens (tertiary/aromatic N) is 1. The van der Waals surface area contributed by atoms with Gasteiger partial charge in [-0.05, 0) is 60.7 Å². The van der Waals surface area contributed by atoms with Gasteiger partial charge >= 0.3 is 0 Å². The first-order chi connectivity index (χ1) is 11.2. The fourth-order valence-electron chi connectivity index (χ4n) is 2.81. The zero-order valence-corrected chi connectivity index (χ0v) is 16.0. The predicted octanol–water partition coefficient (Wildman–Crippen LogP) is 2.91. The minimum Gasteiger partial charge on any atom is -0.493 e. The Hall–Kier alpha value is -1.02. The second-order valence-electron chi connectivity index (χ2n) is 5.70. The quantitative estimate of drug-likeness (QED) is 0.703. The molecule has 1 aliphatic heterocycles. The zero-order chi connectivity index (χ0) is 16.7. The van der Waals surface area contributed by atoms with Crippen molar-refractivity contribution in [3.8, 4) is 11.5 Å². The lowest BCUT2D eigenvalue weighted by Crippen LogP contribution is -2.35. The van der Waals surface area contributed by atoms with E-state index in [0.717, 1.165) is 23.2 Å². The molecule has 1 aromatic rings. The van der Waals surface area contributed by atoms with Crippen LogP contribution in [0.15, 0.2) is 12.1 Å². The number of rotatable bonds is 6. The lowest BCUT2D eigenvalue weighted by atomic mass is 10.2. The zero-order valence-electron chi connectivity index (χ0n) is 13.9. The van der Waals surface area contributed by atoms with Crippen molar-refractivity contribution in [1.82, 2.24) is 10.2 Å². The Kier molecular flexibility index (Phi) is 7.42. The summed E-state index contributed by atoms with van der Waals surface area (Å²) in [6.07, 6.45) is 5.18. The van der Waals surface area contributed by atoms with E-state index in [4.69, 9.17) is 9.47 Å². The smallest absolute Gasteiger partial charge is 0.252 e. The molecule has 128 valence electrons. The molecule has 0 aliphatic carbocycles. The van der Waals surface area contributed by atoms with E-state index >= 15 is 0 Å². The second-order valence-corrected chi connectivity index (χ2v) is 6.86. The maximum Gasteiger partial charge on any atom is 0.252 e. The van der Waals surface area contributed by atoms with Crippen LogP contribution in [0.5, 0.6) is 11.5 Å². The van der Waals surface area contributed by atoms with E-state index in [1.165, 1.54) is 25.7 Å². The number of carbonyl (C=O) groups excluding carboxylic acids is 1. The van der Waals surface area contributed by atoms with Gasteiger partial charge < -0.3 is 19.7 Å². The van der Waals surface area contributed by atoms with Crippen molar-refractivity contribution in [3.05, 3.63) is 21.3 Å². The van der Waals surface area contributed by atoms with Crippen molar-refractivity contribution < 1.29 is 14.3 Å². The minimum absolute atomic E-state index is 0.0647. The molecule has 0 atom stereocenters. The SMILES string of the molecule is COc1cc(I)c(C(=O)NCCN2CCCCCC2)cc1OC. The predicted molar refractivity (Wildman–Crippen MR) is 99.5 cm³/mol. The summed E-state index contributed by atoms with van der Waals surface area (Å²) in [5, 5.41) is 3.01. The van der Waals surface area contributed by atoms with E-state index < -0.39 is 0 Å². The molecule has 1 aliphatic rings. The van der Waals surface area contributed by atoms with E-state index in [2.05, 4.69) is 32.8 Å². The van der Waals surface area contributed by atoms with Crippen LogP contribution in [-0.4, -0.2) is 51.2 Å². The normalized spacial score (nSPS) is 15.8. The number of hydrogen-bond acceptors (Lipinski definition) is 4.